The Bertz CT molecular complexity index is 974. The minimum Gasteiger partial charge on any atom is -0.348 e. The average Bonchev–Trinajstić information content (AvgIpc) is 3.15. The van der Waals surface area contributed by atoms with E-state index < -0.39 is 16.1 Å². The number of aryl methyl sites for hydroxylation is 2. The van der Waals surface area contributed by atoms with Crippen LogP contribution in [0.2, 0.25) is 5.02 Å². The molecule has 0 bridgehead atoms. The number of rotatable bonds is 5. The summed E-state index contributed by atoms with van der Waals surface area (Å²) in [4.78, 5) is 13.1. The lowest BCUT2D eigenvalue weighted by atomic mass is 9.99. The summed E-state index contributed by atoms with van der Waals surface area (Å²) in [6, 6.07) is 11.3. The molecular formula is C21H25ClN2O3S. The Morgan fingerprint density at radius 1 is 1.18 bits per heavy atom. The van der Waals surface area contributed by atoms with Crippen molar-refractivity contribution in [2.75, 3.05) is 6.54 Å². The monoisotopic (exact) mass is 420 g/mol. The number of nitrogens with zero attached hydrogens (tertiary/aromatic N) is 1. The Morgan fingerprint density at radius 2 is 1.86 bits per heavy atom. The number of carbonyl (C=O) groups is 1. The standard InChI is InChI=1S/C21H25ClN2O3S/c1-14-6-7-15(2)19(13-14)16(3)23-21(25)20-5-4-12-24(20)28(26,27)18-10-8-17(22)9-11-18/h6-11,13,16,20H,4-5,12H2,1-3H3,(H,23,25). The molecule has 1 N–H and O–H groups in total. The van der Waals surface area contributed by atoms with E-state index in [9.17, 15) is 13.2 Å². The van der Waals surface area contributed by atoms with E-state index in [-0.39, 0.29) is 16.8 Å². The summed E-state index contributed by atoms with van der Waals surface area (Å²) >= 11 is 5.87. The zero-order valence-corrected chi connectivity index (χ0v) is 17.8. The van der Waals surface area contributed by atoms with Crippen LogP contribution in [-0.2, 0) is 14.8 Å². The van der Waals surface area contributed by atoms with Gasteiger partial charge >= 0.3 is 0 Å². The molecule has 1 aliphatic rings. The van der Waals surface area contributed by atoms with Gasteiger partial charge in [-0.25, -0.2) is 8.42 Å². The van der Waals surface area contributed by atoms with E-state index in [1.807, 2.05) is 32.9 Å². The molecule has 0 aliphatic carbocycles. The van der Waals surface area contributed by atoms with Crippen molar-refractivity contribution >= 4 is 27.5 Å². The summed E-state index contributed by atoms with van der Waals surface area (Å²) in [7, 11) is -3.75. The van der Waals surface area contributed by atoms with E-state index in [2.05, 4.69) is 11.4 Å². The molecule has 1 fully saturated rings. The number of carbonyl (C=O) groups excluding carboxylic acids is 1. The van der Waals surface area contributed by atoms with Gasteiger partial charge in [-0.1, -0.05) is 35.4 Å². The summed E-state index contributed by atoms with van der Waals surface area (Å²) in [5.41, 5.74) is 3.25. The fourth-order valence-electron chi connectivity index (χ4n) is 3.65. The summed E-state index contributed by atoms with van der Waals surface area (Å²) < 4.78 is 27.3. The normalized spacial score (nSPS) is 18.8. The predicted octanol–water partition coefficient (Wildman–Crippen LogP) is 3.99. The second-order valence-electron chi connectivity index (χ2n) is 7.32. The van der Waals surface area contributed by atoms with Gasteiger partial charge < -0.3 is 5.32 Å². The van der Waals surface area contributed by atoms with Crippen LogP contribution in [0.1, 0.15) is 42.5 Å². The maximum atomic E-state index is 13.0. The van der Waals surface area contributed by atoms with Gasteiger partial charge in [0.15, 0.2) is 0 Å². The predicted molar refractivity (Wildman–Crippen MR) is 111 cm³/mol. The molecule has 1 aliphatic heterocycles. The van der Waals surface area contributed by atoms with Crippen molar-refractivity contribution in [3.8, 4) is 0 Å². The van der Waals surface area contributed by atoms with Gasteiger partial charge in [0, 0.05) is 11.6 Å². The first-order valence-electron chi connectivity index (χ1n) is 9.35. The molecule has 5 nitrogen and oxygen atoms in total. The van der Waals surface area contributed by atoms with Gasteiger partial charge in [0.25, 0.3) is 0 Å². The third-order valence-corrected chi connectivity index (χ3v) is 7.36. The van der Waals surface area contributed by atoms with Crippen molar-refractivity contribution in [3.63, 3.8) is 0 Å². The molecule has 1 heterocycles. The molecule has 3 rings (SSSR count). The van der Waals surface area contributed by atoms with Crippen LogP contribution in [0.5, 0.6) is 0 Å². The fraction of sp³-hybridized carbons (Fsp3) is 0.381. The van der Waals surface area contributed by atoms with Crippen LogP contribution in [0.25, 0.3) is 0 Å². The second kappa shape index (κ2) is 8.23. The molecule has 1 saturated heterocycles. The minimum atomic E-state index is -3.75. The topological polar surface area (TPSA) is 66.5 Å². The number of sulfonamides is 1. The molecular weight excluding hydrogens is 396 g/mol. The number of halogens is 1. The Morgan fingerprint density at radius 3 is 2.54 bits per heavy atom. The summed E-state index contributed by atoms with van der Waals surface area (Å²) in [6.07, 6.45) is 1.17. The molecule has 150 valence electrons. The second-order valence-corrected chi connectivity index (χ2v) is 9.65. The molecule has 2 atom stereocenters. The van der Waals surface area contributed by atoms with E-state index in [1.54, 1.807) is 12.1 Å². The van der Waals surface area contributed by atoms with Gasteiger partial charge in [-0.2, -0.15) is 4.31 Å². The first kappa shape index (κ1) is 20.8. The number of hydrogen-bond acceptors (Lipinski definition) is 3. The lowest BCUT2D eigenvalue weighted by Crippen LogP contribution is -2.46. The Labute approximate surface area is 171 Å². The van der Waals surface area contributed by atoms with E-state index >= 15 is 0 Å². The van der Waals surface area contributed by atoms with Crippen LogP contribution in [0.3, 0.4) is 0 Å². The Balaban J connectivity index is 1.79. The van der Waals surface area contributed by atoms with Crippen LogP contribution in [0.4, 0.5) is 0 Å². The molecule has 0 radical (unpaired) electrons. The minimum absolute atomic E-state index is 0.152. The van der Waals surface area contributed by atoms with E-state index in [0.29, 0.717) is 24.4 Å². The number of amides is 1. The van der Waals surface area contributed by atoms with Crippen molar-refractivity contribution in [1.82, 2.24) is 9.62 Å². The molecule has 2 aromatic rings. The smallest absolute Gasteiger partial charge is 0.243 e. The van der Waals surface area contributed by atoms with Crippen molar-refractivity contribution in [2.24, 2.45) is 0 Å². The quantitative estimate of drug-likeness (QED) is 0.795. The van der Waals surface area contributed by atoms with Gasteiger partial charge in [0.1, 0.15) is 6.04 Å². The molecule has 0 spiro atoms. The van der Waals surface area contributed by atoms with Gasteiger partial charge in [0.05, 0.1) is 10.9 Å². The van der Waals surface area contributed by atoms with E-state index in [1.165, 1.54) is 16.4 Å². The molecule has 2 unspecified atom stereocenters. The fourth-order valence-corrected chi connectivity index (χ4v) is 5.43. The highest BCUT2D eigenvalue weighted by atomic mass is 35.5. The van der Waals surface area contributed by atoms with Crippen molar-refractivity contribution in [3.05, 3.63) is 64.2 Å². The molecule has 2 aromatic carbocycles. The first-order chi connectivity index (χ1) is 13.2. The van der Waals surface area contributed by atoms with Crippen molar-refractivity contribution in [1.29, 1.82) is 0 Å². The maximum Gasteiger partial charge on any atom is 0.243 e. The largest absolute Gasteiger partial charge is 0.348 e. The van der Waals surface area contributed by atoms with Crippen molar-refractivity contribution in [2.45, 2.75) is 50.6 Å². The summed E-state index contributed by atoms with van der Waals surface area (Å²) in [6.45, 7) is 6.27. The molecule has 0 saturated carbocycles. The molecule has 28 heavy (non-hydrogen) atoms. The van der Waals surface area contributed by atoms with Gasteiger partial charge in [-0.3, -0.25) is 4.79 Å². The highest BCUT2D eigenvalue weighted by molar-refractivity contribution is 7.89. The highest BCUT2D eigenvalue weighted by Gasteiger charge is 2.39. The lowest BCUT2D eigenvalue weighted by Gasteiger charge is -2.25. The third-order valence-electron chi connectivity index (χ3n) is 5.19. The van der Waals surface area contributed by atoms with Gasteiger partial charge in [-0.15, -0.1) is 0 Å². The average molecular weight is 421 g/mol. The van der Waals surface area contributed by atoms with Crippen LogP contribution in [-0.4, -0.2) is 31.2 Å². The highest BCUT2D eigenvalue weighted by Crippen LogP contribution is 2.28. The van der Waals surface area contributed by atoms with Gasteiger partial charge in [0.2, 0.25) is 15.9 Å². The summed E-state index contributed by atoms with van der Waals surface area (Å²) in [5, 5.41) is 3.47. The maximum absolute atomic E-state index is 13.0. The molecule has 0 aromatic heterocycles. The van der Waals surface area contributed by atoms with Gasteiger partial charge in [-0.05, 0) is 69.0 Å². The Kier molecular flexibility index (Phi) is 6.12. The Hall–Kier alpha value is -1.89. The van der Waals surface area contributed by atoms with E-state index in [4.69, 9.17) is 11.6 Å². The number of nitrogens with one attached hydrogen (secondary N) is 1. The SMILES string of the molecule is Cc1ccc(C)c(C(C)NC(=O)C2CCCN2S(=O)(=O)c2ccc(Cl)cc2)c1. The van der Waals surface area contributed by atoms with Crippen LogP contribution < -0.4 is 5.32 Å². The zero-order valence-electron chi connectivity index (χ0n) is 16.3. The number of hydrogen-bond donors (Lipinski definition) is 1. The molecule has 1 amide bonds. The zero-order chi connectivity index (χ0) is 20.5. The third kappa shape index (κ3) is 4.24. The lowest BCUT2D eigenvalue weighted by molar-refractivity contribution is -0.124. The van der Waals surface area contributed by atoms with Crippen LogP contribution >= 0.6 is 11.6 Å². The van der Waals surface area contributed by atoms with Crippen LogP contribution in [0, 0.1) is 13.8 Å². The summed E-state index contributed by atoms with van der Waals surface area (Å²) in [5.74, 6) is -0.261. The first-order valence-corrected chi connectivity index (χ1v) is 11.2. The van der Waals surface area contributed by atoms with Crippen molar-refractivity contribution < 1.29 is 13.2 Å². The van der Waals surface area contributed by atoms with Crippen LogP contribution in [0.15, 0.2) is 47.4 Å². The van der Waals surface area contributed by atoms with E-state index in [0.717, 1.165) is 16.7 Å². The molecule has 7 heteroatoms. The number of benzene rings is 2.